The highest BCUT2D eigenvalue weighted by molar-refractivity contribution is 5.60. The first-order valence-electron chi connectivity index (χ1n) is 9.64. The van der Waals surface area contributed by atoms with Crippen LogP contribution in [0.15, 0.2) is 6.20 Å². The van der Waals surface area contributed by atoms with E-state index in [1.807, 2.05) is 6.92 Å². The molecular formula is C18H26N8O. The predicted octanol–water partition coefficient (Wildman–Crippen LogP) is 1.44. The molecule has 2 aliphatic rings. The van der Waals surface area contributed by atoms with Gasteiger partial charge in [0, 0.05) is 32.4 Å². The number of aromatic nitrogens is 5. The molecule has 2 aromatic rings. The standard InChI is InChI=1S/C18H26N8O/c1-13-14(12-20-16(19)21-13)15-22-17(25-6-4-2-3-5-7-25)24-18(23-15)26-8-10-27-11-9-26/h12H,2-11H2,1H3,(H2,19,20,21). The van der Waals surface area contributed by atoms with Gasteiger partial charge in [-0.2, -0.15) is 15.0 Å². The van der Waals surface area contributed by atoms with Crippen molar-refractivity contribution in [1.29, 1.82) is 0 Å². The maximum atomic E-state index is 5.71. The van der Waals surface area contributed by atoms with Crippen LogP contribution in [0.3, 0.4) is 0 Å². The van der Waals surface area contributed by atoms with Gasteiger partial charge >= 0.3 is 0 Å². The summed E-state index contributed by atoms with van der Waals surface area (Å²) in [5, 5.41) is 0. The van der Waals surface area contributed by atoms with E-state index in [1.54, 1.807) is 6.20 Å². The lowest BCUT2D eigenvalue weighted by atomic mass is 10.2. The van der Waals surface area contributed by atoms with Crippen molar-refractivity contribution in [1.82, 2.24) is 24.9 Å². The molecule has 0 saturated carbocycles. The van der Waals surface area contributed by atoms with E-state index in [2.05, 4.69) is 19.8 Å². The number of aryl methyl sites for hydroxylation is 1. The van der Waals surface area contributed by atoms with Gasteiger partial charge in [0.15, 0.2) is 5.82 Å². The Bertz CT molecular complexity index is 785. The number of nitrogens with two attached hydrogens (primary N) is 1. The van der Waals surface area contributed by atoms with E-state index in [0.717, 1.165) is 56.2 Å². The summed E-state index contributed by atoms with van der Waals surface area (Å²) in [6, 6.07) is 0. The molecule has 0 amide bonds. The van der Waals surface area contributed by atoms with Crippen molar-refractivity contribution in [2.45, 2.75) is 32.6 Å². The Hall–Kier alpha value is -2.55. The number of anilines is 3. The number of hydrogen-bond donors (Lipinski definition) is 1. The topological polar surface area (TPSA) is 106 Å². The fourth-order valence-corrected chi connectivity index (χ4v) is 3.50. The summed E-state index contributed by atoms with van der Waals surface area (Å²) in [5.74, 6) is 2.29. The maximum absolute atomic E-state index is 5.71. The predicted molar refractivity (Wildman–Crippen MR) is 104 cm³/mol. The number of hydrogen-bond acceptors (Lipinski definition) is 9. The zero-order valence-electron chi connectivity index (χ0n) is 15.8. The van der Waals surface area contributed by atoms with Crippen LogP contribution in [0.25, 0.3) is 11.4 Å². The SMILES string of the molecule is Cc1nc(N)ncc1-c1nc(N2CCCCCC2)nc(N2CCOCC2)n1. The van der Waals surface area contributed by atoms with E-state index in [-0.39, 0.29) is 5.95 Å². The van der Waals surface area contributed by atoms with Crippen molar-refractivity contribution in [3.05, 3.63) is 11.9 Å². The first-order valence-corrected chi connectivity index (χ1v) is 9.64. The van der Waals surface area contributed by atoms with Crippen molar-refractivity contribution in [3.8, 4) is 11.4 Å². The molecule has 2 fully saturated rings. The summed E-state index contributed by atoms with van der Waals surface area (Å²) >= 11 is 0. The highest BCUT2D eigenvalue weighted by Crippen LogP contribution is 2.25. The van der Waals surface area contributed by atoms with Crippen molar-refractivity contribution < 1.29 is 4.74 Å². The fourth-order valence-electron chi connectivity index (χ4n) is 3.50. The molecule has 0 atom stereocenters. The van der Waals surface area contributed by atoms with Crippen LogP contribution < -0.4 is 15.5 Å². The van der Waals surface area contributed by atoms with Crippen molar-refractivity contribution in [3.63, 3.8) is 0 Å². The smallest absolute Gasteiger partial charge is 0.230 e. The molecule has 2 N–H and O–H groups in total. The van der Waals surface area contributed by atoms with Gasteiger partial charge in [0.1, 0.15) is 0 Å². The highest BCUT2D eigenvalue weighted by Gasteiger charge is 2.21. The van der Waals surface area contributed by atoms with E-state index >= 15 is 0 Å². The van der Waals surface area contributed by atoms with Gasteiger partial charge in [0.25, 0.3) is 0 Å². The van der Waals surface area contributed by atoms with Crippen LogP contribution in [0.1, 0.15) is 31.4 Å². The van der Waals surface area contributed by atoms with Crippen LogP contribution >= 0.6 is 0 Å². The Labute approximate surface area is 159 Å². The van der Waals surface area contributed by atoms with Crippen LogP contribution in [0.5, 0.6) is 0 Å². The zero-order valence-corrected chi connectivity index (χ0v) is 15.8. The number of nitrogen functional groups attached to an aromatic ring is 1. The van der Waals surface area contributed by atoms with Crippen LogP contribution in [0.2, 0.25) is 0 Å². The first-order chi connectivity index (χ1) is 13.2. The van der Waals surface area contributed by atoms with E-state index < -0.39 is 0 Å². The number of nitrogens with zero attached hydrogens (tertiary/aromatic N) is 7. The second-order valence-corrected chi connectivity index (χ2v) is 6.99. The third-order valence-electron chi connectivity index (χ3n) is 5.03. The summed E-state index contributed by atoms with van der Waals surface area (Å²) < 4.78 is 5.47. The quantitative estimate of drug-likeness (QED) is 0.858. The fraction of sp³-hybridized carbons (Fsp3) is 0.611. The van der Waals surface area contributed by atoms with Crippen molar-refractivity contribution in [2.24, 2.45) is 0 Å². The molecule has 2 saturated heterocycles. The molecule has 9 nitrogen and oxygen atoms in total. The van der Waals surface area contributed by atoms with Crippen molar-refractivity contribution in [2.75, 3.05) is 54.9 Å². The van der Waals surface area contributed by atoms with E-state index in [0.29, 0.717) is 25.0 Å². The molecule has 0 spiro atoms. The van der Waals surface area contributed by atoms with Gasteiger partial charge in [-0.05, 0) is 19.8 Å². The van der Waals surface area contributed by atoms with Gasteiger partial charge in [0.2, 0.25) is 17.8 Å². The lowest BCUT2D eigenvalue weighted by Crippen LogP contribution is -2.38. The molecule has 0 radical (unpaired) electrons. The molecule has 0 bridgehead atoms. The van der Waals surface area contributed by atoms with Gasteiger partial charge in [-0.15, -0.1) is 0 Å². The Balaban J connectivity index is 1.75. The summed E-state index contributed by atoms with van der Waals surface area (Å²) in [7, 11) is 0. The molecule has 4 rings (SSSR count). The van der Waals surface area contributed by atoms with Gasteiger partial charge in [-0.1, -0.05) is 12.8 Å². The van der Waals surface area contributed by atoms with E-state index in [1.165, 1.54) is 12.8 Å². The largest absolute Gasteiger partial charge is 0.378 e. The van der Waals surface area contributed by atoms with Crippen LogP contribution in [-0.2, 0) is 4.74 Å². The van der Waals surface area contributed by atoms with Gasteiger partial charge in [-0.3, -0.25) is 0 Å². The lowest BCUT2D eigenvalue weighted by molar-refractivity contribution is 0.122. The van der Waals surface area contributed by atoms with Gasteiger partial charge in [-0.25, -0.2) is 9.97 Å². The molecule has 0 aliphatic carbocycles. The van der Waals surface area contributed by atoms with Gasteiger partial charge in [0.05, 0.1) is 24.5 Å². The first kappa shape index (κ1) is 17.8. The highest BCUT2D eigenvalue weighted by atomic mass is 16.5. The van der Waals surface area contributed by atoms with Crippen LogP contribution in [0.4, 0.5) is 17.8 Å². The summed E-state index contributed by atoms with van der Waals surface area (Å²) in [4.78, 5) is 27.2. The zero-order chi connectivity index (χ0) is 18.6. The van der Waals surface area contributed by atoms with Crippen LogP contribution in [0, 0.1) is 6.92 Å². The van der Waals surface area contributed by atoms with E-state index in [9.17, 15) is 0 Å². The maximum Gasteiger partial charge on any atom is 0.230 e. The van der Waals surface area contributed by atoms with Crippen LogP contribution in [-0.4, -0.2) is 64.3 Å². The molecule has 2 aromatic heterocycles. The average Bonchev–Trinajstić information content (AvgIpc) is 2.98. The number of rotatable bonds is 3. The average molecular weight is 370 g/mol. The third kappa shape index (κ3) is 4.08. The second kappa shape index (κ2) is 7.99. The minimum atomic E-state index is 0.256. The third-order valence-corrected chi connectivity index (χ3v) is 5.03. The minimum absolute atomic E-state index is 0.256. The molecule has 2 aliphatic heterocycles. The normalized spacial score (nSPS) is 18.4. The summed E-state index contributed by atoms with van der Waals surface area (Å²) in [6.45, 7) is 6.78. The molecule has 27 heavy (non-hydrogen) atoms. The molecule has 0 aromatic carbocycles. The molecule has 0 unspecified atom stereocenters. The Kier molecular flexibility index (Phi) is 5.28. The van der Waals surface area contributed by atoms with E-state index in [4.69, 9.17) is 25.4 Å². The second-order valence-electron chi connectivity index (χ2n) is 6.99. The number of ether oxygens (including phenoxy) is 1. The van der Waals surface area contributed by atoms with Gasteiger partial charge < -0.3 is 20.3 Å². The molecule has 4 heterocycles. The van der Waals surface area contributed by atoms with Crippen molar-refractivity contribution >= 4 is 17.8 Å². The Morgan fingerprint density at radius 2 is 1.48 bits per heavy atom. The Morgan fingerprint density at radius 3 is 2.11 bits per heavy atom. The lowest BCUT2D eigenvalue weighted by Gasteiger charge is -2.28. The molecule has 9 heteroatoms. The Morgan fingerprint density at radius 1 is 0.852 bits per heavy atom. The monoisotopic (exact) mass is 370 g/mol. The number of morpholine rings is 1. The summed E-state index contributed by atoms with van der Waals surface area (Å²) in [5.41, 5.74) is 7.27. The summed E-state index contributed by atoms with van der Waals surface area (Å²) in [6.07, 6.45) is 6.55. The molecule has 144 valence electrons. The minimum Gasteiger partial charge on any atom is -0.378 e. The molecular weight excluding hydrogens is 344 g/mol.